The van der Waals surface area contributed by atoms with Crippen molar-refractivity contribution >= 4 is 22.8 Å². The highest BCUT2D eigenvalue weighted by molar-refractivity contribution is 7.99. The number of imidazole rings is 1. The predicted octanol–water partition coefficient (Wildman–Crippen LogP) is 2.74. The number of hydrogen-bond acceptors (Lipinski definition) is 3. The van der Waals surface area contributed by atoms with Gasteiger partial charge in [-0.05, 0) is 36.8 Å². The molecule has 1 atom stereocenters. The third-order valence-corrected chi connectivity index (χ3v) is 4.85. The average molecular weight is 261 g/mol. The van der Waals surface area contributed by atoms with Crippen LogP contribution < -0.4 is 5.73 Å². The van der Waals surface area contributed by atoms with Crippen molar-refractivity contribution in [2.24, 2.45) is 5.73 Å². The van der Waals surface area contributed by atoms with E-state index in [2.05, 4.69) is 29.7 Å². The number of hydrogen-bond donors (Lipinski definition) is 1. The summed E-state index contributed by atoms with van der Waals surface area (Å²) in [5.41, 5.74) is 9.22. The number of rotatable bonds is 3. The molecule has 0 saturated carbocycles. The molecule has 1 aromatic carbocycles. The molecule has 18 heavy (non-hydrogen) atoms. The number of aryl methyl sites for hydroxylation is 1. The average Bonchev–Trinajstić information content (AvgIpc) is 3.04. The maximum atomic E-state index is 5.70. The molecule has 1 aliphatic heterocycles. The summed E-state index contributed by atoms with van der Waals surface area (Å²) < 4.78 is 2.37. The standard InChI is InChI=1S/C14H19N3S/c1-2-17-13-4-3-10(8-15)7-12(13)16-14(17)11-5-6-18-9-11/h3-4,7,11H,2,5-6,8-9,15H2,1H3. The molecule has 2 aromatic rings. The van der Waals surface area contributed by atoms with Gasteiger partial charge in [0, 0.05) is 24.8 Å². The van der Waals surface area contributed by atoms with Crippen LogP contribution in [0.5, 0.6) is 0 Å². The normalized spacial score (nSPS) is 19.8. The van der Waals surface area contributed by atoms with Crippen molar-refractivity contribution < 1.29 is 0 Å². The molecule has 0 spiro atoms. The Hall–Kier alpha value is -1.00. The van der Waals surface area contributed by atoms with Crippen LogP contribution in [0.3, 0.4) is 0 Å². The van der Waals surface area contributed by atoms with E-state index in [1.165, 1.54) is 29.3 Å². The molecule has 1 aliphatic rings. The molecule has 2 heterocycles. The highest BCUT2D eigenvalue weighted by Gasteiger charge is 2.23. The molecule has 0 radical (unpaired) electrons. The second-order valence-electron chi connectivity index (χ2n) is 4.80. The van der Waals surface area contributed by atoms with Gasteiger partial charge in [0.15, 0.2) is 0 Å². The highest BCUT2D eigenvalue weighted by atomic mass is 32.2. The Labute approximate surface area is 112 Å². The molecule has 1 fully saturated rings. The van der Waals surface area contributed by atoms with E-state index in [0.29, 0.717) is 12.5 Å². The van der Waals surface area contributed by atoms with Gasteiger partial charge in [0.1, 0.15) is 5.82 Å². The number of nitrogens with two attached hydrogens (primary N) is 1. The number of nitrogens with zero attached hydrogens (tertiary/aromatic N) is 2. The lowest BCUT2D eigenvalue weighted by Crippen LogP contribution is -2.07. The molecular weight excluding hydrogens is 242 g/mol. The van der Waals surface area contributed by atoms with E-state index >= 15 is 0 Å². The Morgan fingerprint density at radius 1 is 1.50 bits per heavy atom. The topological polar surface area (TPSA) is 43.8 Å². The number of thioether (sulfide) groups is 1. The number of fused-ring (bicyclic) bond motifs is 1. The van der Waals surface area contributed by atoms with Gasteiger partial charge in [-0.1, -0.05) is 6.07 Å². The van der Waals surface area contributed by atoms with Crippen LogP contribution in [-0.2, 0) is 13.1 Å². The molecule has 0 amide bonds. The van der Waals surface area contributed by atoms with Crippen molar-refractivity contribution in [1.29, 1.82) is 0 Å². The molecule has 3 nitrogen and oxygen atoms in total. The van der Waals surface area contributed by atoms with Crippen LogP contribution in [0, 0.1) is 0 Å². The van der Waals surface area contributed by atoms with Crippen LogP contribution in [0.4, 0.5) is 0 Å². The monoisotopic (exact) mass is 261 g/mol. The summed E-state index contributed by atoms with van der Waals surface area (Å²) in [5.74, 6) is 4.38. The maximum Gasteiger partial charge on any atom is 0.113 e. The smallest absolute Gasteiger partial charge is 0.113 e. The van der Waals surface area contributed by atoms with Gasteiger partial charge in [-0.2, -0.15) is 11.8 Å². The van der Waals surface area contributed by atoms with Crippen molar-refractivity contribution in [2.75, 3.05) is 11.5 Å². The summed E-state index contributed by atoms with van der Waals surface area (Å²) in [4.78, 5) is 4.87. The molecule has 0 aliphatic carbocycles. The minimum atomic E-state index is 0.587. The maximum absolute atomic E-state index is 5.70. The van der Waals surface area contributed by atoms with Gasteiger partial charge in [0.2, 0.25) is 0 Å². The molecule has 1 saturated heterocycles. The first-order valence-electron chi connectivity index (χ1n) is 6.60. The van der Waals surface area contributed by atoms with E-state index in [1.54, 1.807) is 0 Å². The van der Waals surface area contributed by atoms with Crippen LogP contribution in [0.2, 0.25) is 0 Å². The van der Waals surface area contributed by atoms with Crippen molar-refractivity contribution in [3.8, 4) is 0 Å². The summed E-state index contributed by atoms with van der Waals surface area (Å²) in [6.45, 7) is 3.78. The summed E-state index contributed by atoms with van der Waals surface area (Å²) in [6.07, 6.45) is 1.26. The Bertz CT molecular complexity index is 555. The fourth-order valence-electron chi connectivity index (χ4n) is 2.70. The first-order chi connectivity index (χ1) is 8.83. The molecular formula is C14H19N3S. The minimum Gasteiger partial charge on any atom is -0.328 e. The van der Waals surface area contributed by atoms with Crippen LogP contribution >= 0.6 is 11.8 Å². The molecule has 0 bridgehead atoms. The molecule has 2 N–H and O–H groups in total. The van der Waals surface area contributed by atoms with E-state index in [0.717, 1.165) is 17.6 Å². The fraction of sp³-hybridized carbons (Fsp3) is 0.500. The molecule has 1 aromatic heterocycles. The Kier molecular flexibility index (Phi) is 3.31. The zero-order chi connectivity index (χ0) is 12.5. The summed E-state index contributed by atoms with van der Waals surface area (Å²) in [7, 11) is 0. The molecule has 3 rings (SSSR count). The van der Waals surface area contributed by atoms with Crippen molar-refractivity contribution in [3.63, 3.8) is 0 Å². The van der Waals surface area contributed by atoms with Crippen molar-refractivity contribution in [2.45, 2.75) is 32.4 Å². The SMILES string of the molecule is CCn1c(C2CCSC2)nc2cc(CN)ccc21. The van der Waals surface area contributed by atoms with Gasteiger partial charge in [-0.3, -0.25) is 0 Å². The first-order valence-corrected chi connectivity index (χ1v) is 7.75. The summed E-state index contributed by atoms with van der Waals surface area (Å²) in [5, 5.41) is 0. The van der Waals surface area contributed by atoms with Gasteiger partial charge in [0.25, 0.3) is 0 Å². The predicted molar refractivity (Wildman–Crippen MR) is 78.0 cm³/mol. The van der Waals surface area contributed by atoms with E-state index < -0.39 is 0 Å². The van der Waals surface area contributed by atoms with E-state index in [-0.39, 0.29) is 0 Å². The second kappa shape index (κ2) is 4.94. The van der Waals surface area contributed by atoms with E-state index in [9.17, 15) is 0 Å². The van der Waals surface area contributed by atoms with Gasteiger partial charge in [-0.25, -0.2) is 4.98 Å². The van der Waals surface area contributed by atoms with Crippen molar-refractivity contribution in [1.82, 2.24) is 9.55 Å². The lowest BCUT2D eigenvalue weighted by Gasteiger charge is -2.10. The Morgan fingerprint density at radius 2 is 2.39 bits per heavy atom. The molecule has 1 unspecified atom stereocenters. The highest BCUT2D eigenvalue weighted by Crippen LogP contribution is 2.33. The third-order valence-electron chi connectivity index (χ3n) is 3.69. The van der Waals surface area contributed by atoms with Gasteiger partial charge in [0.05, 0.1) is 11.0 Å². The van der Waals surface area contributed by atoms with Gasteiger partial charge >= 0.3 is 0 Å². The van der Waals surface area contributed by atoms with Crippen LogP contribution in [0.1, 0.15) is 30.7 Å². The lowest BCUT2D eigenvalue weighted by atomic mass is 10.1. The summed E-state index contributed by atoms with van der Waals surface area (Å²) >= 11 is 2.04. The second-order valence-corrected chi connectivity index (χ2v) is 5.95. The van der Waals surface area contributed by atoms with Crippen molar-refractivity contribution in [3.05, 3.63) is 29.6 Å². The molecule has 4 heteroatoms. The fourth-order valence-corrected chi connectivity index (χ4v) is 3.92. The van der Waals surface area contributed by atoms with E-state index in [4.69, 9.17) is 10.7 Å². The van der Waals surface area contributed by atoms with Gasteiger partial charge < -0.3 is 10.3 Å². The first kappa shape index (κ1) is 12.1. The zero-order valence-corrected chi connectivity index (χ0v) is 11.5. The summed E-state index contributed by atoms with van der Waals surface area (Å²) in [6, 6.07) is 6.41. The molecule has 96 valence electrons. The minimum absolute atomic E-state index is 0.587. The van der Waals surface area contributed by atoms with Gasteiger partial charge in [-0.15, -0.1) is 0 Å². The third kappa shape index (κ3) is 1.93. The Morgan fingerprint density at radius 3 is 3.06 bits per heavy atom. The quantitative estimate of drug-likeness (QED) is 0.924. The number of aromatic nitrogens is 2. The van der Waals surface area contributed by atoms with Crippen LogP contribution in [0.15, 0.2) is 18.2 Å². The largest absolute Gasteiger partial charge is 0.328 e. The van der Waals surface area contributed by atoms with Crippen LogP contribution in [-0.4, -0.2) is 21.1 Å². The lowest BCUT2D eigenvalue weighted by molar-refractivity contribution is 0.640. The van der Waals surface area contributed by atoms with Crippen LogP contribution in [0.25, 0.3) is 11.0 Å². The zero-order valence-electron chi connectivity index (χ0n) is 10.7. The Balaban J connectivity index is 2.12. The van der Waals surface area contributed by atoms with E-state index in [1.807, 2.05) is 11.8 Å². The number of benzene rings is 1.